The Morgan fingerprint density at radius 2 is 1.81 bits per heavy atom. The Bertz CT molecular complexity index is 915. The van der Waals surface area contributed by atoms with Crippen molar-refractivity contribution >= 4 is 34.9 Å². The highest BCUT2D eigenvalue weighted by molar-refractivity contribution is 7.80. The summed E-state index contributed by atoms with van der Waals surface area (Å²) in [4.78, 5) is 14.6. The van der Waals surface area contributed by atoms with Crippen LogP contribution in [0.4, 0.5) is 17.6 Å². The smallest absolute Gasteiger partial charge is 0.232 e. The molecule has 0 unspecified atom stereocenters. The van der Waals surface area contributed by atoms with E-state index in [-0.39, 0.29) is 0 Å². The fourth-order valence-electron chi connectivity index (χ4n) is 4.66. The number of rotatable bonds is 5. The van der Waals surface area contributed by atoms with E-state index in [1.54, 1.807) is 0 Å². The van der Waals surface area contributed by atoms with E-state index in [1.165, 1.54) is 43.2 Å². The first-order valence-electron chi connectivity index (χ1n) is 12.0. The Balaban J connectivity index is 1.51. The van der Waals surface area contributed by atoms with Crippen LogP contribution >= 0.6 is 12.2 Å². The van der Waals surface area contributed by atoms with E-state index in [2.05, 4.69) is 71.5 Å². The van der Waals surface area contributed by atoms with Gasteiger partial charge in [0.1, 0.15) is 11.6 Å². The number of hydrogen-bond acceptors (Lipinski definition) is 5. The van der Waals surface area contributed by atoms with Gasteiger partial charge in [0.25, 0.3) is 0 Å². The molecular formula is C25H36N6S. The minimum absolute atomic E-state index is 0.492. The first-order chi connectivity index (χ1) is 15.5. The van der Waals surface area contributed by atoms with Gasteiger partial charge in [-0.15, -0.1) is 0 Å². The molecule has 2 aromatic rings. The second-order valence-electron chi connectivity index (χ2n) is 9.43. The zero-order valence-corrected chi connectivity index (χ0v) is 20.4. The molecular weight excluding hydrogens is 416 g/mol. The van der Waals surface area contributed by atoms with Crippen LogP contribution in [0.5, 0.6) is 0 Å². The van der Waals surface area contributed by atoms with Crippen LogP contribution in [0.2, 0.25) is 0 Å². The number of hydrogen-bond donors (Lipinski definition) is 2. The van der Waals surface area contributed by atoms with Crippen molar-refractivity contribution < 1.29 is 0 Å². The number of aryl methyl sites for hydroxylation is 1. The lowest BCUT2D eigenvalue weighted by molar-refractivity contribution is 0.444. The Morgan fingerprint density at radius 1 is 1.03 bits per heavy atom. The molecule has 1 aromatic carbocycles. The molecule has 6 nitrogen and oxygen atoms in total. The van der Waals surface area contributed by atoms with Crippen molar-refractivity contribution in [2.75, 3.05) is 34.8 Å². The minimum atomic E-state index is 0.492. The van der Waals surface area contributed by atoms with Crippen molar-refractivity contribution in [2.24, 2.45) is 5.92 Å². The summed E-state index contributed by atoms with van der Waals surface area (Å²) in [6.07, 6.45) is 6.20. The van der Waals surface area contributed by atoms with Crippen molar-refractivity contribution in [1.29, 1.82) is 0 Å². The van der Waals surface area contributed by atoms with E-state index >= 15 is 0 Å². The van der Waals surface area contributed by atoms with Crippen molar-refractivity contribution in [3.8, 4) is 0 Å². The largest absolute Gasteiger partial charge is 0.358 e. The maximum atomic E-state index is 5.57. The SMILES string of the molecule is Cc1ccc(CNC(=S)Nc2nc(N3CCC[C@H](C)C3)cc(N3CCCC[C@@H]3C)n2)cc1. The third kappa shape index (κ3) is 5.88. The molecule has 7 heteroatoms. The van der Waals surface area contributed by atoms with Crippen LogP contribution in [0.1, 0.15) is 57.1 Å². The fourth-order valence-corrected chi connectivity index (χ4v) is 4.82. The third-order valence-electron chi connectivity index (χ3n) is 6.58. The fraction of sp³-hybridized carbons (Fsp3) is 0.560. The van der Waals surface area contributed by atoms with Crippen LogP contribution in [-0.4, -0.2) is 40.8 Å². The van der Waals surface area contributed by atoms with Gasteiger partial charge in [-0.3, -0.25) is 0 Å². The predicted molar refractivity (Wildman–Crippen MR) is 138 cm³/mol. The first kappa shape index (κ1) is 22.8. The van der Waals surface area contributed by atoms with E-state index in [0.717, 1.165) is 31.3 Å². The Hall–Kier alpha value is -2.41. The van der Waals surface area contributed by atoms with Gasteiger partial charge < -0.3 is 20.4 Å². The molecule has 0 amide bonds. The average molecular weight is 453 g/mol. The lowest BCUT2D eigenvalue weighted by atomic mass is 10.0. The van der Waals surface area contributed by atoms with Crippen LogP contribution in [0.15, 0.2) is 30.3 Å². The molecule has 2 aliphatic rings. The van der Waals surface area contributed by atoms with E-state index < -0.39 is 0 Å². The van der Waals surface area contributed by atoms with Crippen LogP contribution < -0.4 is 20.4 Å². The molecule has 2 atom stereocenters. The number of piperidine rings is 2. The lowest BCUT2D eigenvalue weighted by Crippen LogP contribution is -2.39. The van der Waals surface area contributed by atoms with Gasteiger partial charge in [0, 0.05) is 38.3 Å². The molecule has 2 fully saturated rings. The Morgan fingerprint density at radius 3 is 2.56 bits per heavy atom. The number of aromatic nitrogens is 2. The summed E-state index contributed by atoms with van der Waals surface area (Å²) in [6.45, 7) is 10.5. The third-order valence-corrected chi connectivity index (χ3v) is 6.82. The number of thiocarbonyl (C=S) groups is 1. The number of anilines is 3. The van der Waals surface area contributed by atoms with Crippen molar-refractivity contribution in [3.63, 3.8) is 0 Å². The predicted octanol–water partition coefficient (Wildman–Crippen LogP) is 4.89. The van der Waals surface area contributed by atoms with Crippen molar-refractivity contribution in [2.45, 2.75) is 65.5 Å². The van der Waals surface area contributed by atoms with Gasteiger partial charge in [0.15, 0.2) is 5.11 Å². The molecule has 2 aliphatic heterocycles. The molecule has 0 spiro atoms. The highest BCUT2D eigenvalue weighted by Gasteiger charge is 2.24. The molecule has 32 heavy (non-hydrogen) atoms. The summed E-state index contributed by atoms with van der Waals surface area (Å²) in [5.41, 5.74) is 2.45. The highest BCUT2D eigenvalue weighted by Crippen LogP contribution is 2.29. The lowest BCUT2D eigenvalue weighted by Gasteiger charge is -2.36. The van der Waals surface area contributed by atoms with E-state index in [9.17, 15) is 0 Å². The zero-order chi connectivity index (χ0) is 22.5. The summed E-state index contributed by atoms with van der Waals surface area (Å²) in [7, 11) is 0. The Kier molecular flexibility index (Phi) is 7.45. The summed E-state index contributed by atoms with van der Waals surface area (Å²) in [5, 5.41) is 7.10. The van der Waals surface area contributed by atoms with E-state index in [1.807, 2.05) is 0 Å². The van der Waals surface area contributed by atoms with Gasteiger partial charge in [-0.25, -0.2) is 0 Å². The number of nitrogens with one attached hydrogen (secondary N) is 2. The summed E-state index contributed by atoms with van der Waals surface area (Å²) >= 11 is 5.57. The molecule has 0 radical (unpaired) electrons. The monoisotopic (exact) mass is 452 g/mol. The summed E-state index contributed by atoms with van der Waals surface area (Å²) in [6, 6.07) is 11.1. The molecule has 0 bridgehead atoms. The second kappa shape index (κ2) is 10.5. The molecule has 172 valence electrons. The van der Waals surface area contributed by atoms with Crippen LogP contribution in [0.3, 0.4) is 0 Å². The quantitative estimate of drug-likeness (QED) is 0.627. The number of benzene rings is 1. The van der Waals surface area contributed by atoms with Gasteiger partial charge in [-0.1, -0.05) is 36.8 Å². The average Bonchev–Trinajstić information content (AvgIpc) is 2.79. The van der Waals surface area contributed by atoms with Gasteiger partial charge in [0.2, 0.25) is 5.95 Å². The van der Waals surface area contributed by atoms with Crippen LogP contribution in [0.25, 0.3) is 0 Å². The summed E-state index contributed by atoms with van der Waals surface area (Å²) < 4.78 is 0. The molecule has 3 heterocycles. The topological polar surface area (TPSA) is 56.3 Å². The maximum absolute atomic E-state index is 5.57. The summed E-state index contributed by atoms with van der Waals surface area (Å²) in [5.74, 6) is 3.27. The molecule has 1 aromatic heterocycles. The maximum Gasteiger partial charge on any atom is 0.232 e. The van der Waals surface area contributed by atoms with Gasteiger partial charge in [0.05, 0.1) is 0 Å². The van der Waals surface area contributed by atoms with Gasteiger partial charge in [-0.05, 0) is 69.7 Å². The van der Waals surface area contributed by atoms with Gasteiger partial charge in [-0.2, -0.15) is 9.97 Å². The van der Waals surface area contributed by atoms with Gasteiger partial charge >= 0.3 is 0 Å². The highest BCUT2D eigenvalue weighted by atomic mass is 32.1. The molecule has 2 saturated heterocycles. The minimum Gasteiger partial charge on any atom is -0.358 e. The van der Waals surface area contributed by atoms with Crippen molar-refractivity contribution in [3.05, 3.63) is 41.5 Å². The standard InChI is InChI=1S/C25H36N6S/c1-18-9-11-21(12-10-18)16-26-25(32)29-24-27-22(30-13-6-7-19(2)17-30)15-23(28-24)31-14-5-4-8-20(31)3/h9-12,15,19-20H,4-8,13-14,16-17H2,1-3H3,(H2,26,27,28,29,32)/t19-,20-/m0/s1. The zero-order valence-electron chi connectivity index (χ0n) is 19.6. The molecule has 2 N–H and O–H groups in total. The van der Waals surface area contributed by atoms with Crippen LogP contribution in [0, 0.1) is 12.8 Å². The molecule has 4 rings (SSSR count). The van der Waals surface area contributed by atoms with Crippen LogP contribution in [-0.2, 0) is 6.54 Å². The first-order valence-corrected chi connectivity index (χ1v) is 12.4. The van der Waals surface area contributed by atoms with E-state index in [4.69, 9.17) is 22.2 Å². The van der Waals surface area contributed by atoms with Crippen molar-refractivity contribution in [1.82, 2.24) is 15.3 Å². The molecule has 0 saturated carbocycles. The Labute approximate surface area is 197 Å². The molecule has 0 aliphatic carbocycles. The number of nitrogens with zero attached hydrogens (tertiary/aromatic N) is 4. The second-order valence-corrected chi connectivity index (χ2v) is 9.84. The van der Waals surface area contributed by atoms with E-state index in [0.29, 0.717) is 29.6 Å². The normalized spacial score (nSPS) is 21.3.